The van der Waals surface area contributed by atoms with Crippen LogP contribution in [0.5, 0.6) is 0 Å². The minimum Gasteiger partial charge on any atom is -0.460 e. The molecular formula is C19H26O9. The van der Waals surface area contributed by atoms with Crippen LogP contribution in [0, 0.1) is 0 Å². The standard InChI is InChI=1S/C19H26O9/c1-2-8-23-14-17(20)25-11-12-27-19(22)26-10-9-24-15-18(21)28-13-16-6-4-3-5-7-16/h3-7H,2,8-15H2,1H3. The molecule has 28 heavy (non-hydrogen) atoms. The Hall–Kier alpha value is -2.65. The lowest BCUT2D eigenvalue weighted by Gasteiger charge is -2.08. The van der Waals surface area contributed by atoms with Gasteiger partial charge in [0.25, 0.3) is 0 Å². The van der Waals surface area contributed by atoms with Crippen LogP contribution in [0.1, 0.15) is 18.9 Å². The summed E-state index contributed by atoms with van der Waals surface area (Å²) < 4.78 is 29.3. The monoisotopic (exact) mass is 398 g/mol. The maximum absolute atomic E-state index is 11.5. The van der Waals surface area contributed by atoms with E-state index in [-0.39, 0.29) is 46.2 Å². The third kappa shape index (κ3) is 12.7. The highest BCUT2D eigenvalue weighted by atomic mass is 16.7. The second-order valence-electron chi connectivity index (χ2n) is 5.42. The Morgan fingerprint density at radius 2 is 1.29 bits per heavy atom. The molecule has 156 valence electrons. The van der Waals surface area contributed by atoms with Crippen LogP contribution in [-0.2, 0) is 44.6 Å². The van der Waals surface area contributed by atoms with Crippen molar-refractivity contribution in [1.82, 2.24) is 0 Å². The molecule has 0 atom stereocenters. The highest BCUT2D eigenvalue weighted by Gasteiger charge is 2.07. The summed E-state index contributed by atoms with van der Waals surface area (Å²) in [4.78, 5) is 34.0. The van der Waals surface area contributed by atoms with Crippen molar-refractivity contribution in [2.75, 3.05) is 46.2 Å². The summed E-state index contributed by atoms with van der Waals surface area (Å²) in [7, 11) is 0. The molecule has 0 bridgehead atoms. The van der Waals surface area contributed by atoms with E-state index < -0.39 is 18.1 Å². The van der Waals surface area contributed by atoms with E-state index in [1.165, 1.54) is 0 Å². The molecule has 0 amide bonds. The third-order valence-electron chi connectivity index (χ3n) is 3.04. The molecule has 0 aliphatic carbocycles. The summed E-state index contributed by atoms with van der Waals surface area (Å²) in [6.45, 7) is 1.89. The third-order valence-corrected chi connectivity index (χ3v) is 3.04. The highest BCUT2D eigenvalue weighted by Crippen LogP contribution is 2.00. The molecule has 1 rings (SSSR count). The van der Waals surface area contributed by atoms with Gasteiger partial charge in [0.1, 0.15) is 39.6 Å². The topological polar surface area (TPSA) is 107 Å². The van der Waals surface area contributed by atoms with Crippen molar-refractivity contribution in [2.24, 2.45) is 0 Å². The van der Waals surface area contributed by atoms with E-state index in [4.69, 9.17) is 28.4 Å². The molecule has 9 nitrogen and oxygen atoms in total. The fraction of sp³-hybridized carbons (Fsp3) is 0.526. The zero-order valence-electron chi connectivity index (χ0n) is 15.9. The van der Waals surface area contributed by atoms with Crippen LogP contribution in [0.4, 0.5) is 4.79 Å². The molecule has 0 unspecified atom stereocenters. The largest absolute Gasteiger partial charge is 0.508 e. The van der Waals surface area contributed by atoms with Crippen molar-refractivity contribution in [3.05, 3.63) is 35.9 Å². The summed E-state index contributed by atoms with van der Waals surface area (Å²) in [5.74, 6) is -1.05. The molecule has 0 aliphatic rings. The number of hydrogen-bond donors (Lipinski definition) is 0. The lowest BCUT2D eigenvalue weighted by Crippen LogP contribution is -2.19. The van der Waals surface area contributed by atoms with Crippen molar-refractivity contribution in [3.8, 4) is 0 Å². The molecule has 1 aromatic rings. The van der Waals surface area contributed by atoms with Crippen LogP contribution in [0.15, 0.2) is 30.3 Å². The van der Waals surface area contributed by atoms with Crippen LogP contribution in [0.25, 0.3) is 0 Å². The molecule has 0 aromatic heterocycles. The van der Waals surface area contributed by atoms with Crippen molar-refractivity contribution < 1.29 is 42.8 Å². The van der Waals surface area contributed by atoms with Crippen molar-refractivity contribution in [2.45, 2.75) is 20.0 Å². The number of ether oxygens (including phenoxy) is 6. The average molecular weight is 398 g/mol. The van der Waals surface area contributed by atoms with Crippen LogP contribution in [0.3, 0.4) is 0 Å². The highest BCUT2D eigenvalue weighted by molar-refractivity contribution is 5.71. The van der Waals surface area contributed by atoms with E-state index in [0.29, 0.717) is 6.61 Å². The molecule has 0 aliphatic heterocycles. The quantitative estimate of drug-likeness (QED) is 0.264. The van der Waals surface area contributed by atoms with Crippen molar-refractivity contribution >= 4 is 18.1 Å². The molecule has 1 aromatic carbocycles. The zero-order valence-corrected chi connectivity index (χ0v) is 15.9. The fourth-order valence-corrected chi connectivity index (χ4v) is 1.78. The molecule has 0 N–H and O–H groups in total. The number of carbonyl (C=O) groups excluding carboxylic acids is 3. The second-order valence-corrected chi connectivity index (χ2v) is 5.42. The van der Waals surface area contributed by atoms with Crippen LogP contribution in [-0.4, -0.2) is 64.3 Å². The Morgan fingerprint density at radius 3 is 1.96 bits per heavy atom. The van der Waals surface area contributed by atoms with Gasteiger partial charge in [-0.2, -0.15) is 0 Å². The van der Waals surface area contributed by atoms with Gasteiger partial charge >= 0.3 is 18.1 Å². The van der Waals surface area contributed by atoms with E-state index in [1.54, 1.807) is 0 Å². The molecule has 9 heteroatoms. The van der Waals surface area contributed by atoms with Gasteiger partial charge in [-0.3, -0.25) is 0 Å². The summed E-state index contributed by atoms with van der Waals surface area (Å²) >= 11 is 0. The minimum absolute atomic E-state index is 0.0132. The maximum Gasteiger partial charge on any atom is 0.508 e. The molecule has 0 spiro atoms. The fourth-order valence-electron chi connectivity index (χ4n) is 1.78. The number of carbonyl (C=O) groups is 3. The van der Waals surface area contributed by atoms with Gasteiger partial charge in [-0.25, -0.2) is 14.4 Å². The van der Waals surface area contributed by atoms with Crippen molar-refractivity contribution in [3.63, 3.8) is 0 Å². The van der Waals surface area contributed by atoms with Gasteiger partial charge < -0.3 is 28.4 Å². The Labute approximate surface area is 163 Å². The number of benzene rings is 1. The number of esters is 2. The Morgan fingerprint density at radius 1 is 0.714 bits per heavy atom. The Kier molecular flexibility index (Phi) is 12.9. The summed E-state index contributed by atoms with van der Waals surface area (Å²) in [5.41, 5.74) is 0.876. The van der Waals surface area contributed by atoms with Crippen LogP contribution < -0.4 is 0 Å². The minimum atomic E-state index is -0.923. The smallest absolute Gasteiger partial charge is 0.460 e. The van der Waals surface area contributed by atoms with E-state index >= 15 is 0 Å². The van der Waals surface area contributed by atoms with E-state index in [9.17, 15) is 14.4 Å². The van der Waals surface area contributed by atoms with Crippen molar-refractivity contribution in [1.29, 1.82) is 0 Å². The van der Waals surface area contributed by atoms with Crippen LogP contribution in [0.2, 0.25) is 0 Å². The van der Waals surface area contributed by atoms with Gasteiger partial charge in [-0.05, 0) is 12.0 Å². The molecule has 0 heterocycles. The maximum atomic E-state index is 11.5. The van der Waals surface area contributed by atoms with Gasteiger partial charge in [-0.15, -0.1) is 0 Å². The summed E-state index contributed by atoms with van der Waals surface area (Å²) in [6, 6.07) is 9.25. The first-order chi connectivity index (χ1) is 13.6. The molecule has 0 radical (unpaired) electrons. The predicted octanol–water partition coefficient (Wildman–Crippen LogP) is 1.87. The lowest BCUT2D eigenvalue weighted by molar-refractivity contribution is -0.151. The number of rotatable bonds is 14. The Bertz CT molecular complexity index is 574. The first-order valence-electron chi connectivity index (χ1n) is 8.92. The van der Waals surface area contributed by atoms with E-state index in [2.05, 4.69) is 0 Å². The Balaban J connectivity index is 1.93. The zero-order chi connectivity index (χ0) is 20.5. The molecule has 0 saturated heterocycles. The van der Waals surface area contributed by atoms with Gasteiger partial charge in [0.15, 0.2) is 0 Å². The molecule has 0 fully saturated rings. The molecule has 0 saturated carbocycles. The normalized spacial score (nSPS) is 10.2. The number of hydrogen-bond acceptors (Lipinski definition) is 9. The predicted molar refractivity (Wildman–Crippen MR) is 96.4 cm³/mol. The van der Waals surface area contributed by atoms with E-state index in [0.717, 1.165) is 12.0 Å². The molecular weight excluding hydrogens is 372 g/mol. The first-order valence-corrected chi connectivity index (χ1v) is 8.92. The summed E-state index contributed by atoms with van der Waals surface area (Å²) in [6.07, 6.45) is -0.116. The SMILES string of the molecule is CCCOCC(=O)OCCOC(=O)OCCOCC(=O)OCc1ccccc1. The van der Waals surface area contributed by atoms with Gasteiger partial charge in [0, 0.05) is 6.61 Å². The summed E-state index contributed by atoms with van der Waals surface area (Å²) in [5, 5.41) is 0. The first kappa shape index (κ1) is 23.4. The van der Waals surface area contributed by atoms with Gasteiger partial charge in [0.2, 0.25) is 0 Å². The lowest BCUT2D eigenvalue weighted by atomic mass is 10.2. The second kappa shape index (κ2) is 15.4. The van der Waals surface area contributed by atoms with Gasteiger partial charge in [-0.1, -0.05) is 37.3 Å². The van der Waals surface area contributed by atoms with Crippen LogP contribution >= 0.6 is 0 Å². The van der Waals surface area contributed by atoms with Gasteiger partial charge in [0.05, 0.1) is 6.61 Å². The van der Waals surface area contributed by atoms with E-state index in [1.807, 2.05) is 37.3 Å². The average Bonchev–Trinajstić information content (AvgIpc) is 2.70.